The normalized spacial score (nSPS) is 11.1. The van der Waals surface area contributed by atoms with Crippen LogP contribution in [0.4, 0.5) is 0 Å². The van der Waals surface area contributed by atoms with E-state index in [1.54, 1.807) is 0 Å². The molecule has 1 rings (SSSR count). The van der Waals surface area contributed by atoms with Crippen LogP contribution < -0.4 is 4.74 Å². The Balaban J connectivity index is 2.85. The molecular formula is C12H15ClO. The molecule has 0 aliphatic carbocycles. The van der Waals surface area contributed by atoms with Crippen LogP contribution in [0.25, 0.3) is 6.08 Å². The molecule has 0 saturated heterocycles. The summed E-state index contributed by atoms with van der Waals surface area (Å²) in [5, 5.41) is 0. The minimum absolute atomic E-state index is 0.195. The third-order valence-electron chi connectivity index (χ3n) is 1.67. The van der Waals surface area contributed by atoms with E-state index >= 15 is 0 Å². The Labute approximate surface area is 90.3 Å². The van der Waals surface area contributed by atoms with Crippen LogP contribution >= 0.6 is 11.6 Å². The first-order valence-corrected chi connectivity index (χ1v) is 5.25. The molecule has 0 unspecified atom stereocenters. The quantitative estimate of drug-likeness (QED) is 0.689. The van der Waals surface area contributed by atoms with Crippen molar-refractivity contribution in [3.8, 4) is 5.75 Å². The molecule has 0 bridgehead atoms. The number of hydrogen-bond donors (Lipinski definition) is 0. The van der Waals surface area contributed by atoms with Crippen molar-refractivity contribution in [2.75, 3.05) is 5.88 Å². The van der Waals surface area contributed by atoms with E-state index in [9.17, 15) is 0 Å². The predicted octanol–water partition coefficient (Wildman–Crippen LogP) is 3.73. The highest BCUT2D eigenvalue weighted by molar-refractivity contribution is 6.19. The van der Waals surface area contributed by atoms with Gasteiger partial charge in [0.1, 0.15) is 5.75 Å². The van der Waals surface area contributed by atoms with Gasteiger partial charge in [-0.2, -0.15) is 0 Å². The lowest BCUT2D eigenvalue weighted by Gasteiger charge is -2.11. The fourth-order valence-electron chi connectivity index (χ4n) is 1.15. The van der Waals surface area contributed by atoms with Crippen molar-refractivity contribution in [2.45, 2.75) is 20.0 Å². The second-order valence-electron chi connectivity index (χ2n) is 3.26. The van der Waals surface area contributed by atoms with Crippen molar-refractivity contribution in [3.05, 3.63) is 35.9 Å². The molecule has 0 N–H and O–H groups in total. The van der Waals surface area contributed by atoms with Gasteiger partial charge < -0.3 is 4.74 Å². The maximum atomic E-state index is 5.65. The first kappa shape index (κ1) is 11.1. The van der Waals surface area contributed by atoms with Gasteiger partial charge in [-0.1, -0.05) is 30.4 Å². The zero-order valence-corrected chi connectivity index (χ0v) is 9.29. The highest BCUT2D eigenvalue weighted by Crippen LogP contribution is 2.20. The number of alkyl halides is 1. The summed E-state index contributed by atoms with van der Waals surface area (Å²) in [5.74, 6) is 1.43. The Morgan fingerprint density at radius 2 is 2.07 bits per heavy atom. The van der Waals surface area contributed by atoms with E-state index in [1.165, 1.54) is 0 Å². The van der Waals surface area contributed by atoms with Crippen LogP contribution in [0.3, 0.4) is 0 Å². The number of hydrogen-bond acceptors (Lipinski definition) is 1. The van der Waals surface area contributed by atoms with Gasteiger partial charge in [0.15, 0.2) is 0 Å². The van der Waals surface area contributed by atoms with Crippen LogP contribution in [0.1, 0.15) is 19.4 Å². The SMILES string of the molecule is CC(C)Oc1ccccc1C=CCCl. The Morgan fingerprint density at radius 3 is 2.71 bits per heavy atom. The zero-order valence-electron chi connectivity index (χ0n) is 8.53. The number of halogens is 1. The van der Waals surface area contributed by atoms with E-state index in [0.717, 1.165) is 11.3 Å². The molecule has 14 heavy (non-hydrogen) atoms. The molecule has 0 fully saturated rings. The van der Waals surface area contributed by atoms with Crippen molar-refractivity contribution in [1.82, 2.24) is 0 Å². The lowest BCUT2D eigenvalue weighted by molar-refractivity contribution is 0.242. The first-order valence-electron chi connectivity index (χ1n) is 4.72. The summed E-state index contributed by atoms with van der Waals surface area (Å²) < 4.78 is 5.65. The second kappa shape index (κ2) is 5.71. The largest absolute Gasteiger partial charge is 0.490 e. The highest BCUT2D eigenvalue weighted by atomic mass is 35.5. The van der Waals surface area contributed by atoms with Crippen molar-refractivity contribution < 1.29 is 4.74 Å². The van der Waals surface area contributed by atoms with Crippen molar-refractivity contribution in [1.29, 1.82) is 0 Å². The smallest absolute Gasteiger partial charge is 0.126 e. The van der Waals surface area contributed by atoms with Crippen LogP contribution in [-0.4, -0.2) is 12.0 Å². The maximum Gasteiger partial charge on any atom is 0.126 e. The van der Waals surface area contributed by atoms with E-state index in [-0.39, 0.29) is 6.10 Å². The Bertz CT molecular complexity index is 305. The van der Waals surface area contributed by atoms with Crippen molar-refractivity contribution >= 4 is 17.7 Å². The summed E-state index contributed by atoms with van der Waals surface area (Å²) >= 11 is 5.58. The monoisotopic (exact) mass is 210 g/mol. The van der Waals surface area contributed by atoms with E-state index < -0.39 is 0 Å². The standard InChI is InChI=1S/C12H15ClO/c1-10(2)14-12-8-4-3-6-11(12)7-5-9-13/h3-8,10H,9H2,1-2H3. The third kappa shape index (κ3) is 3.43. The number of benzene rings is 1. The minimum atomic E-state index is 0.195. The number of allylic oxidation sites excluding steroid dienone is 1. The molecule has 0 radical (unpaired) electrons. The molecule has 0 aliphatic rings. The van der Waals surface area contributed by atoms with Gasteiger partial charge in [0.2, 0.25) is 0 Å². The van der Waals surface area contributed by atoms with Crippen molar-refractivity contribution in [3.63, 3.8) is 0 Å². The molecule has 1 aromatic carbocycles. The molecule has 0 atom stereocenters. The van der Waals surface area contributed by atoms with Crippen LogP contribution in [0.15, 0.2) is 30.3 Å². The second-order valence-corrected chi connectivity index (χ2v) is 3.57. The van der Waals surface area contributed by atoms with Gasteiger partial charge in [-0.3, -0.25) is 0 Å². The van der Waals surface area contributed by atoms with Gasteiger partial charge in [0.25, 0.3) is 0 Å². The summed E-state index contributed by atoms with van der Waals surface area (Å²) in [4.78, 5) is 0. The Kier molecular flexibility index (Phi) is 4.54. The van der Waals surface area contributed by atoms with Gasteiger partial charge in [0, 0.05) is 11.4 Å². The first-order chi connectivity index (χ1) is 6.74. The minimum Gasteiger partial charge on any atom is -0.490 e. The lowest BCUT2D eigenvalue weighted by atomic mass is 10.2. The van der Waals surface area contributed by atoms with Crippen LogP contribution in [0, 0.1) is 0 Å². The molecule has 76 valence electrons. The number of ether oxygens (including phenoxy) is 1. The molecule has 0 saturated carbocycles. The van der Waals surface area contributed by atoms with Gasteiger partial charge in [-0.15, -0.1) is 11.6 Å². The fourth-order valence-corrected chi connectivity index (χ4v) is 1.24. The third-order valence-corrected chi connectivity index (χ3v) is 1.85. The van der Waals surface area contributed by atoms with Gasteiger partial charge >= 0.3 is 0 Å². The average molecular weight is 211 g/mol. The number of rotatable bonds is 4. The average Bonchev–Trinajstić information content (AvgIpc) is 2.16. The highest BCUT2D eigenvalue weighted by Gasteiger charge is 2.00. The van der Waals surface area contributed by atoms with Gasteiger partial charge in [0.05, 0.1) is 6.10 Å². The fraction of sp³-hybridized carbons (Fsp3) is 0.333. The molecule has 0 amide bonds. The zero-order chi connectivity index (χ0) is 10.4. The van der Waals surface area contributed by atoms with E-state index in [2.05, 4.69) is 0 Å². The summed E-state index contributed by atoms with van der Waals surface area (Å²) in [5.41, 5.74) is 1.07. The molecule has 1 aromatic rings. The molecule has 1 nitrogen and oxygen atoms in total. The maximum absolute atomic E-state index is 5.65. The molecule has 0 aromatic heterocycles. The van der Waals surface area contributed by atoms with E-state index in [1.807, 2.05) is 50.3 Å². The Hall–Kier alpha value is -0.950. The van der Waals surface area contributed by atoms with Gasteiger partial charge in [-0.05, 0) is 19.9 Å². The summed E-state index contributed by atoms with van der Waals surface area (Å²) in [7, 11) is 0. The summed E-state index contributed by atoms with van der Waals surface area (Å²) in [6.45, 7) is 4.03. The molecular weight excluding hydrogens is 196 g/mol. The topological polar surface area (TPSA) is 9.23 Å². The van der Waals surface area contributed by atoms with E-state index in [0.29, 0.717) is 5.88 Å². The molecule has 0 heterocycles. The van der Waals surface area contributed by atoms with E-state index in [4.69, 9.17) is 16.3 Å². The van der Waals surface area contributed by atoms with Crippen LogP contribution in [-0.2, 0) is 0 Å². The molecule has 0 spiro atoms. The molecule has 0 aliphatic heterocycles. The van der Waals surface area contributed by atoms with Gasteiger partial charge in [-0.25, -0.2) is 0 Å². The van der Waals surface area contributed by atoms with Crippen LogP contribution in [0.2, 0.25) is 0 Å². The number of para-hydroxylation sites is 1. The summed E-state index contributed by atoms with van der Waals surface area (Å²) in [6.07, 6.45) is 4.08. The summed E-state index contributed by atoms with van der Waals surface area (Å²) in [6, 6.07) is 7.94. The van der Waals surface area contributed by atoms with Crippen molar-refractivity contribution in [2.24, 2.45) is 0 Å². The molecule has 2 heteroatoms. The lowest BCUT2D eigenvalue weighted by Crippen LogP contribution is -2.06. The Morgan fingerprint density at radius 1 is 1.36 bits per heavy atom. The van der Waals surface area contributed by atoms with Crippen LogP contribution in [0.5, 0.6) is 5.75 Å². The predicted molar refractivity (Wildman–Crippen MR) is 62.0 cm³/mol.